The monoisotopic (exact) mass is 857 g/mol. The number of carbonyl (C=O) groups excluding carboxylic acids is 3. The van der Waals surface area contributed by atoms with Crippen LogP contribution in [0.4, 0.5) is 0 Å². The Hall–Kier alpha value is -1.79. The molecule has 0 aliphatic heterocycles. The van der Waals surface area contributed by atoms with E-state index in [2.05, 4.69) is 25.7 Å². The largest absolute Gasteiger partial charge is 0.463 e. The van der Waals surface area contributed by atoms with Gasteiger partial charge in [0, 0.05) is 38.9 Å². The van der Waals surface area contributed by atoms with Gasteiger partial charge in [-0.25, -0.2) is 0 Å². The molecule has 0 spiro atoms. The topological polar surface area (TPSA) is 146 Å². The summed E-state index contributed by atoms with van der Waals surface area (Å²) in [5, 5.41) is 32.4. The molecule has 0 fully saturated rings. The number of hydrogen-bond donors (Lipinski definition) is 3. The molecule has 0 aromatic heterocycles. The lowest BCUT2D eigenvalue weighted by molar-refractivity contribution is -0.148. The van der Waals surface area contributed by atoms with Gasteiger partial charge in [-0.1, -0.05) is 175 Å². The molecule has 11 heteroatoms. The van der Waals surface area contributed by atoms with Crippen molar-refractivity contribution in [3.8, 4) is 0 Å². The summed E-state index contributed by atoms with van der Waals surface area (Å²) in [5.74, 6) is -0.879. The zero-order valence-electron chi connectivity index (χ0n) is 39.5. The summed E-state index contributed by atoms with van der Waals surface area (Å²) in [6.07, 6.45) is 29.3. The summed E-state index contributed by atoms with van der Waals surface area (Å²) in [7, 11) is 0. The summed E-state index contributed by atoms with van der Waals surface area (Å²) in [4.78, 5) is 41.1. The Morgan fingerprint density at radius 2 is 0.617 bits per heavy atom. The van der Waals surface area contributed by atoms with E-state index in [1.165, 1.54) is 109 Å². The Morgan fingerprint density at radius 3 is 0.900 bits per heavy atom. The Bertz CT molecular complexity index is 971. The zero-order valence-corrected chi connectivity index (χ0v) is 39.5. The maximum Gasteiger partial charge on any atom is 0.305 e. The number of likely N-dealkylation sites (N-methyl/N-ethyl adjacent to an activating group) is 1. The quantitative estimate of drug-likeness (QED) is 0.0306. The molecule has 0 amide bonds. The summed E-state index contributed by atoms with van der Waals surface area (Å²) in [6, 6.07) is 0. The van der Waals surface area contributed by atoms with E-state index < -0.39 is 18.3 Å². The number of aliphatic hydroxyl groups is 3. The molecule has 0 aromatic carbocycles. The van der Waals surface area contributed by atoms with Gasteiger partial charge in [0.1, 0.15) is 38.1 Å². The Morgan fingerprint density at radius 1 is 0.367 bits per heavy atom. The van der Waals surface area contributed by atoms with Crippen molar-refractivity contribution in [3.05, 3.63) is 0 Å². The number of ether oxygens (including phenoxy) is 3. The van der Waals surface area contributed by atoms with E-state index in [0.717, 1.165) is 57.8 Å². The SMILES string of the molecule is CCCCCCCCCCCC(=O)OCC(O)CN(CC)CCCN(CC(O)COC(=O)CCCCCCCCCC)CC(O)COC(=O)CCCCCCCCCCC. The predicted molar refractivity (Wildman–Crippen MR) is 245 cm³/mol. The average Bonchev–Trinajstić information content (AvgIpc) is 3.23. The van der Waals surface area contributed by atoms with Gasteiger partial charge in [-0.05, 0) is 45.3 Å². The van der Waals surface area contributed by atoms with Gasteiger partial charge in [-0.15, -0.1) is 0 Å². The number of nitrogens with zero attached hydrogens (tertiary/aromatic N) is 2. The highest BCUT2D eigenvalue weighted by Gasteiger charge is 2.20. The molecule has 0 saturated heterocycles. The molecule has 3 atom stereocenters. The van der Waals surface area contributed by atoms with Crippen LogP contribution in [-0.2, 0) is 28.6 Å². The number of carbonyl (C=O) groups is 3. The number of unbranched alkanes of at least 4 members (excludes halogenated alkanes) is 23. The van der Waals surface area contributed by atoms with E-state index in [1.54, 1.807) is 0 Å². The van der Waals surface area contributed by atoms with Crippen LogP contribution >= 0.6 is 0 Å². The highest BCUT2D eigenvalue weighted by Crippen LogP contribution is 2.14. The third-order valence-corrected chi connectivity index (χ3v) is 11.3. The van der Waals surface area contributed by atoms with Crippen molar-refractivity contribution in [1.82, 2.24) is 9.80 Å². The van der Waals surface area contributed by atoms with Crippen molar-refractivity contribution in [2.24, 2.45) is 0 Å². The van der Waals surface area contributed by atoms with Gasteiger partial charge >= 0.3 is 17.9 Å². The summed E-state index contributed by atoms with van der Waals surface area (Å²) >= 11 is 0. The molecule has 0 aliphatic rings. The van der Waals surface area contributed by atoms with Crippen molar-refractivity contribution in [3.63, 3.8) is 0 Å². The van der Waals surface area contributed by atoms with E-state index in [-0.39, 0.29) is 50.8 Å². The molecule has 0 saturated carbocycles. The van der Waals surface area contributed by atoms with Crippen LogP contribution < -0.4 is 0 Å². The molecule has 0 aliphatic carbocycles. The fourth-order valence-corrected chi connectivity index (χ4v) is 7.55. The number of aliphatic hydroxyl groups excluding tert-OH is 3. The maximum absolute atomic E-state index is 12.4. The van der Waals surface area contributed by atoms with Crippen LogP contribution in [-0.4, -0.2) is 120 Å². The van der Waals surface area contributed by atoms with Gasteiger partial charge < -0.3 is 34.4 Å². The molecule has 60 heavy (non-hydrogen) atoms. The van der Waals surface area contributed by atoms with E-state index in [9.17, 15) is 29.7 Å². The lowest BCUT2D eigenvalue weighted by atomic mass is 10.1. The minimum atomic E-state index is -0.942. The number of esters is 3. The fourth-order valence-electron chi connectivity index (χ4n) is 7.55. The molecule has 0 heterocycles. The molecule has 0 rings (SSSR count). The Labute approximate surface area is 368 Å². The first-order chi connectivity index (χ1) is 29.1. The minimum Gasteiger partial charge on any atom is -0.463 e. The highest BCUT2D eigenvalue weighted by atomic mass is 16.5. The standard InChI is InChI=1S/C49H96N2O9/c1-5-9-12-15-18-21-24-27-30-33-47(55)58-41-44(52)38-50(8-4)36-32-37-51(39-45(53)42-59-48(56)34-29-26-23-20-17-14-11-7-3)40-46(54)43-60-49(57)35-31-28-25-22-19-16-13-10-6-2/h44-46,52-54H,5-43H2,1-4H3. The first-order valence-corrected chi connectivity index (χ1v) is 25.1. The van der Waals surface area contributed by atoms with Gasteiger partial charge in [0.15, 0.2) is 0 Å². The van der Waals surface area contributed by atoms with Crippen molar-refractivity contribution in [2.45, 2.75) is 239 Å². The highest BCUT2D eigenvalue weighted by molar-refractivity contribution is 5.69. The van der Waals surface area contributed by atoms with Crippen molar-refractivity contribution >= 4 is 17.9 Å². The molecule has 0 radical (unpaired) electrons. The first kappa shape index (κ1) is 58.2. The second kappa shape index (κ2) is 43.8. The molecule has 0 bridgehead atoms. The molecule has 3 unspecified atom stereocenters. The lowest BCUT2D eigenvalue weighted by Crippen LogP contribution is -2.43. The number of rotatable bonds is 46. The van der Waals surface area contributed by atoms with E-state index in [1.807, 2.05) is 11.8 Å². The summed E-state index contributed by atoms with van der Waals surface area (Å²) in [6.45, 7) is 11.0. The van der Waals surface area contributed by atoms with E-state index in [4.69, 9.17) is 14.2 Å². The van der Waals surface area contributed by atoms with Crippen LogP contribution in [0.5, 0.6) is 0 Å². The Balaban J connectivity index is 4.77. The van der Waals surface area contributed by atoms with Crippen LogP contribution in [0.2, 0.25) is 0 Å². The molecule has 11 nitrogen and oxygen atoms in total. The van der Waals surface area contributed by atoms with Crippen molar-refractivity contribution in [1.29, 1.82) is 0 Å². The Kier molecular flexibility index (Phi) is 42.5. The molecule has 0 aromatic rings. The maximum atomic E-state index is 12.4. The van der Waals surface area contributed by atoms with Gasteiger partial charge in [0.2, 0.25) is 0 Å². The molecular weight excluding hydrogens is 761 g/mol. The lowest BCUT2D eigenvalue weighted by Gasteiger charge is -2.29. The third-order valence-electron chi connectivity index (χ3n) is 11.3. The fraction of sp³-hybridized carbons (Fsp3) is 0.939. The minimum absolute atomic E-state index is 0.0348. The van der Waals surface area contributed by atoms with Crippen LogP contribution in [0.1, 0.15) is 220 Å². The van der Waals surface area contributed by atoms with Crippen molar-refractivity contribution in [2.75, 3.05) is 59.1 Å². The normalized spacial score (nSPS) is 13.2. The third kappa shape index (κ3) is 40.3. The van der Waals surface area contributed by atoms with Gasteiger partial charge in [-0.3, -0.25) is 19.3 Å². The smallest absolute Gasteiger partial charge is 0.305 e. The number of hydrogen-bond acceptors (Lipinski definition) is 11. The van der Waals surface area contributed by atoms with Gasteiger partial charge in [0.25, 0.3) is 0 Å². The summed E-state index contributed by atoms with van der Waals surface area (Å²) in [5.41, 5.74) is 0. The van der Waals surface area contributed by atoms with Crippen LogP contribution in [0, 0.1) is 0 Å². The summed E-state index contributed by atoms with van der Waals surface area (Å²) < 4.78 is 16.2. The average molecular weight is 857 g/mol. The van der Waals surface area contributed by atoms with Gasteiger partial charge in [0.05, 0.1) is 0 Å². The first-order valence-electron chi connectivity index (χ1n) is 25.1. The van der Waals surface area contributed by atoms with Gasteiger partial charge in [-0.2, -0.15) is 0 Å². The van der Waals surface area contributed by atoms with Crippen LogP contribution in [0.15, 0.2) is 0 Å². The van der Waals surface area contributed by atoms with Crippen LogP contribution in [0.3, 0.4) is 0 Å². The zero-order chi connectivity index (χ0) is 44.3. The predicted octanol–water partition coefficient (Wildman–Crippen LogP) is 10.1. The molecular formula is C49H96N2O9. The second-order valence-corrected chi connectivity index (χ2v) is 17.4. The molecule has 3 N–H and O–H groups in total. The molecule has 356 valence electrons. The second-order valence-electron chi connectivity index (χ2n) is 17.4. The van der Waals surface area contributed by atoms with E-state index in [0.29, 0.717) is 51.9 Å². The van der Waals surface area contributed by atoms with E-state index >= 15 is 0 Å². The van der Waals surface area contributed by atoms with Crippen LogP contribution in [0.25, 0.3) is 0 Å². The van der Waals surface area contributed by atoms with Crippen molar-refractivity contribution < 1.29 is 43.9 Å².